The van der Waals surface area contributed by atoms with E-state index in [0.29, 0.717) is 40.1 Å². The molecule has 1 N–H and O–H groups in total. The molecule has 0 aliphatic heterocycles. The van der Waals surface area contributed by atoms with Gasteiger partial charge in [-0.3, -0.25) is 0 Å². The minimum Gasteiger partial charge on any atom is -0.496 e. The van der Waals surface area contributed by atoms with Crippen LogP contribution in [0.2, 0.25) is 0 Å². The number of hydrogen-bond acceptors (Lipinski definition) is 7. The molecule has 0 aliphatic rings. The summed E-state index contributed by atoms with van der Waals surface area (Å²) < 4.78 is 32.7. The molecular weight excluding hydrogens is 400 g/mol. The zero-order valence-corrected chi connectivity index (χ0v) is 19.2. The van der Waals surface area contributed by atoms with E-state index in [2.05, 4.69) is 6.58 Å². The van der Waals surface area contributed by atoms with Crippen LogP contribution in [0.3, 0.4) is 0 Å². The highest BCUT2D eigenvalue weighted by Crippen LogP contribution is 2.46. The molecule has 3 atom stereocenters. The summed E-state index contributed by atoms with van der Waals surface area (Å²) in [5.74, 6) is 2.70. The third kappa shape index (κ3) is 4.82. The number of rotatable bonds is 11. The fraction of sp³-hybridized carbons (Fsp3) is 0.417. The number of methoxy groups -OCH3 is 6. The Bertz CT molecular complexity index is 894. The first kappa shape index (κ1) is 24.2. The van der Waals surface area contributed by atoms with Crippen molar-refractivity contribution >= 4 is 0 Å². The van der Waals surface area contributed by atoms with E-state index in [1.807, 2.05) is 13.0 Å². The highest BCUT2D eigenvalue weighted by atomic mass is 16.5. The van der Waals surface area contributed by atoms with Gasteiger partial charge >= 0.3 is 0 Å². The molecule has 0 amide bonds. The second-order valence-corrected chi connectivity index (χ2v) is 6.96. The van der Waals surface area contributed by atoms with Crippen LogP contribution in [0.5, 0.6) is 34.5 Å². The van der Waals surface area contributed by atoms with Crippen molar-refractivity contribution < 1.29 is 33.5 Å². The van der Waals surface area contributed by atoms with E-state index < -0.39 is 6.10 Å². The highest BCUT2D eigenvalue weighted by Gasteiger charge is 2.30. The van der Waals surface area contributed by atoms with Crippen LogP contribution >= 0.6 is 0 Å². The van der Waals surface area contributed by atoms with Gasteiger partial charge in [0.05, 0.1) is 48.8 Å². The molecule has 0 saturated carbocycles. The lowest BCUT2D eigenvalue weighted by Gasteiger charge is -2.29. The Balaban J connectivity index is 2.54. The Kier molecular flexibility index (Phi) is 8.45. The van der Waals surface area contributed by atoms with E-state index in [9.17, 15) is 5.11 Å². The number of hydrogen-bond donors (Lipinski definition) is 1. The first-order chi connectivity index (χ1) is 14.9. The molecule has 0 fully saturated rings. The van der Waals surface area contributed by atoms with Gasteiger partial charge in [-0.15, -0.1) is 6.58 Å². The normalized spacial score (nSPS) is 13.5. The Morgan fingerprint density at radius 1 is 0.645 bits per heavy atom. The van der Waals surface area contributed by atoms with Crippen LogP contribution in [0.15, 0.2) is 36.9 Å². The summed E-state index contributed by atoms with van der Waals surface area (Å²) in [6.07, 6.45) is 0.890. The number of allylic oxidation sites excluding steroid dienone is 1. The lowest BCUT2D eigenvalue weighted by Crippen LogP contribution is -2.18. The number of ether oxygens (including phenoxy) is 6. The van der Waals surface area contributed by atoms with Crippen molar-refractivity contribution in [3.05, 3.63) is 48.0 Å². The molecular formula is C24H32O7. The van der Waals surface area contributed by atoms with Gasteiger partial charge < -0.3 is 33.5 Å². The second-order valence-electron chi connectivity index (χ2n) is 6.96. The van der Waals surface area contributed by atoms with E-state index in [-0.39, 0.29) is 11.8 Å². The molecule has 0 radical (unpaired) electrons. The fourth-order valence-corrected chi connectivity index (χ4v) is 3.70. The average Bonchev–Trinajstić information content (AvgIpc) is 2.82. The molecule has 0 heterocycles. The van der Waals surface area contributed by atoms with Crippen LogP contribution in [-0.2, 0) is 0 Å². The van der Waals surface area contributed by atoms with E-state index >= 15 is 0 Å². The summed E-state index contributed by atoms with van der Waals surface area (Å²) in [6.45, 7) is 5.93. The van der Waals surface area contributed by atoms with Gasteiger partial charge in [-0.05, 0) is 18.1 Å². The van der Waals surface area contributed by atoms with Crippen molar-refractivity contribution in [1.82, 2.24) is 0 Å². The van der Waals surface area contributed by atoms with Crippen LogP contribution in [0.4, 0.5) is 0 Å². The molecule has 7 heteroatoms. The fourth-order valence-electron chi connectivity index (χ4n) is 3.70. The Labute approximate surface area is 184 Å². The zero-order chi connectivity index (χ0) is 23.1. The summed E-state index contributed by atoms with van der Waals surface area (Å²) in [6, 6.07) is 7.04. The summed E-state index contributed by atoms with van der Waals surface area (Å²) in [7, 11) is 9.37. The topological polar surface area (TPSA) is 75.6 Å². The van der Waals surface area contributed by atoms with Crippen LogP contribution < -0.4 is 28.4 Å². The molecule has 31 heavy (non-hydrogen) atoms. The molecule has 2 aromatic carbocycles. The SMILES string of the molecule is C=C[C@@H](c1cc(OC)c(OC)cc1OC)[C@H](C)[C@H](O)c1cc(OC)c(OC)cc1OC. The van der Waals surface area contributed by atoms with E-state index in [1.54, 1.807) is 66.9 Å². The Morgan fingerprint density at radius 2 is 1.00 bits per heavy atom. The molecule has 0 aromatic heterocycles. The molecule has 0 unspecified atom stereocenters. The van der Waals surface area contributed by atoms with Crippen LogP contribution in [0.25, 0.3) is 0 Å². The average molecular weight is 433 g/mol. The number of benzene rings is 2. The third-order valence-electron chi connectivity index (χ3n) is 5.47. The predicted octanol–water partition coefficient (Wildman–Crippen LogP) is 4.38. The van der Waals surface area contributed by atoms with Gasteiger partial charge in [-0.2, -0.15) is 0 Å². The maximum atomic E-state index is 11.3. The molecule has 170 valence electrons. The lowest BCUT2D eigenvalue weighted by atomic mass is 9.80. The minimum absolute atomic E-state index is 0.262. The van der Waals surface area contributed by atoms with Gasteiger partial charge in [0, 0.05) is 29.2 Å². The Hall–Kier alpha value is -3.06. The van der Waals surface area contributed by atoms with E-state index in [1.165, 1.54) is 0 Å². The van der Waals surface area contributed by atoms with E-state index in [0.717, 1.165) is 5.56 Å². The van der Waals surface area contributed by atoms with Crippen molar-refractivity contribution in [1.29, 1.82) is 0 Å². The lowest BCUT2D eigenvalue weighted by molar-refractivity contribution is 0.106. The maximum absolute atomic E-state index is 11.3. The van der Waals surface area contributed by atoms with Crippen molar-refractivity contribution in [2.24, 2.45) is 5.92 Å². The molecule has 0 aliphatic carbocycles. The second kappa shape index (κ2) is 10.8. The molecule has 0 saturated heterocycles. The summed E-state index contributed by atoms with van der Waals surface area (Å²) in [5.41, 5.74) is 1.40. The summed E-state index contributed by atoms with van der Waals surface area (Å²) >= 11 is 0. The zero-order valence-electron chi connectivity index (χ0n) is 19.2. The van der Waals surface area contributed by atoms with Crippen molar-refractivity contribution in [2.45, 2.75) is 18.9 Å². The van der Waals surface area contributed by atoms with Crippen molar-refractivity contribution in [3.63, 3.8) is 0 Å². The number of aliphatic hydroxyl groups excluding tert-OH is 1. The maximum Gasteiger partial charge on any atom is 0.164 e. The van der Waals surface area contributed by atoms with Crippen LogP contribution in [0.1, 0.15) is 30.1 Å². The molecule has 2 aromatic rings. The molecule has 0 bridgehead atoms. The first-order valence-corrected chi connectivity index (χ1v) is 9.80. The molecule has 7 nitrogen and oxygen atoms in total. The smallest absolute Gasteiger partial charge is 0.164 e. The van der Waals surface area contributed by atoms with Gasteiger partial charge in [0.25, 0.3) is 0 Å². The van der Waals surface area contributed by atoms with Gasteiger partial charge in [-0.25, -0.2) is 0 Å². The quantitative estimate of drug-likeness (QED) is 0.528. The van der Waals surface area contributed by atoms with Gasteiger partial charge in [0.2, 0.25) is 0 Å². The monoisotopic (exact) mass is 432 g/mol. The molecule has 0 spiro atoms. The third-order valence-corrected chi connectivity index (χ3v) is 5.47. The first-order valence-electron chi connectivity index (χ1n) is 9.80. The summed E-state index contributed by atoms with van der Waals surface area (Å²) in [5, 5.41) is 11.3. The number of aliphatic hydroxyl groups is 1. The van der Waals surface area contributed by atoms with Gasteiger partial charge in [0.1, 0.15) is 11.5 Å². The minimum atomic E-state index is -0.893. The Morgan fingerprint density at radius 3 is 1.39 bits per heavy atom. The van der Waals surface area contributed by atoms with E-state index in [4.69, 9.17) is 28.4 Å². The molecule has 2 rings (SSSR count). The van der Waals surface area contributed by atoms with Gasteiger partial charge in [-0.1, -0.05) is 13.0 Å². The standard InChI is InChI=1S/C24H32O7/c1-9-15(16-10-20(28-5)22(30-7)12-18(16)26-3)14(2)24(25)17-11-21(29-6)23(31-8)13-19(17)27-4/h9-15,24-25H,1H2,2-8H3/t14-,15+,24-/m0/s1. The van der Waals surface area contributed by atoms with Crippen molar-refractivity contribution in [2.75, 3.05) is 42.7 Å². The van der Waals surface area contributed by atoms with Crippen molar-refractivity contribution in [3.8, 4) is 34.5 Å². The van der Waals surface area contributed by atoms with Crippen LogP contribution in [-0.4, -0.2) is 47.8 Å². The summed E-state index contributed by atoms with van der Waals surface area (Å²) in [4.78, 5) is 0. The predicted molar refractivity (Wildman–Crippen MR) is 119 cm³/mol. The highest BCUT2D eigenvalue weighted by molar-refractivity contribution is 5.54. The van der Waals surface area contributed by atoms with Crippen LogP contribution in [0, 0.1) is 5.92 Å². The largest absolute Gasteiger partial charge is 0.496 e. The van der Waals surface area contributed by atoms with Gasteiger partial charge in [0.15, 0.2) is 23.0 Å².